The number of furan rings is 1. The number of ether oxygens (including phenoxy) is 1. The van der Waals surface area contributed by atoms with Gasteiger partial charge in [0.25, 0.3) is 0 Å². The van der Waals surface area contributed by atoms with E-state index in [2.05, 4.69) is 21.9 Å². The Morgan fingerprint density at radius 3 is 2.89 bits per heavy atom. The number of hydrogen-bond acceptors (Lipinski definition) is 3. The molecule has 0 saturated heterocycles. The minimum Gasteiger partial charge on any atom is -0.449 e. The maximum Gasteiger partial charge on any atom is 0.375 e. The van der Waals surface area contributed by atoms with E-state index in [1.807, 2.05) is 0 Å². The fraction of sp³-hybridized carbons (Fsp3) is 0.0714. The summed E-state index contributed by atoms with van der Waals surface area (Å²) >= 11 is 9.25. The van der Waals surface area contributed by atoms with Gasteiger partial charge in [-0.3, -0.25) is 0 Å². The first-order chi connectivity index (χ1) is 9.11. The molecular weight excluding hydrogens is 332 g/mol. The third-order valence-corrected chi connectivity index (χ3v) is 3.18. The van der Waals surface area contributed by atoms with Gasteiger partial charge in [-0.2, -0.15) is 0 Å². The third-order valence-electron chi connectivity index (χ3n) is 2.29. The lowest BCUT2D eigenvalue weighted by Gasteiger charge is -2.01. The van der Waals surface area contributed by atoms with E-state index in [1.54, 1.807) is 24.3 Å². The molecule has 0 aliphatic heterocycles. The van der Waals surface area contributed by atoms with Crippen LogP contribution in [0.2, 0.25) is 5.02 Å². The van der Waals surface area contributed by atoms with Crippen molar-refractivity contribution in [2.75, 3.05) is 6.61 Å². The molecule has 0 aliphatic carbocycles. The van der Waals surface area contributed by atoms with Gasteiger partial charge in [0, 0.05) is 15.1 Å². The molecule has 2 aromatic rings. The molecule has 1 heterocycles. The molecule has 0 fully saturated rings. The highest BCUT2D eigenvalue weighted by atomic mass is 79.9. The number of benzene rings is 1. The van der Waals surface area contributed by atoms with Crippen LogP contribution in [0.15, 0.2) is 39.2 Å². The number of halogens is 2. The van der Waals surface area contributed by atoms with Crippen molar-refractivity contribution in [3.8, 4) is 23.7 Å². The molecule has 2 rings (SSSR count). The van der Waals surface area contributed by atoms with Crippen LogP contribution in [-0.2, 0) is 4.74 Å². The highest BCUT2D eigenvalue weighted by Crippen LogP contribution is 2.31. The molecule has 0 bridgehead atoms. The maximum atomic E-state index is 11.5. The Hall–Kier alpha value is -1.70. The van der Waals surface area contributed by atoms with Crippen molar-refractivity contribution >= 4 is 33.5 Å². The second-order valence-corrected chi connectivity index (χ2v) is 4.86. The van der Waals surface area contributed by atoms with Gasteiger partial charge in [0.05, 0.1) is 0 Å². The summed E-state index contributed by atoms with van der Waals surface area (Å²) < 4.78 is 11.0. The number of rotatable bonds is 3. The normalized spacial score (nSPS) is 9.95. The molecule has 0 atom stereocenters. The molecule has 1 aromatic heterocycles. The number of carbonyl (C=O) groups is 1. The molecule has 5 heteroatoms. The molecule has 0 radical (unpaired) electrons. The highest BCUT2D eigenvalue weighted by molar-refractivity contribution is 9.10. The van der Waals surface area contributed by atoms with Crippen LogP contribution in [0.3, 0.4) is 0 Å². The second kappa shape index (κ2) is 5.96. The van der Waals surface area contributed by atoms with E-state index in [0.717, 1.165) is 10.0 Å². The first-order valence-corrected chi connectivity index (χ1v) is 6.45. The summed E-state index contributed by atoms with van der Waals surface area (Å²) in [6, 6.07) is 8.49. The fourth-order valence-corrected chi connectivity index (χ4v) is 2.34. The van der Waals surface area contributed by atoms with Crippen LogP contribution in [0.1, 0.15) is 10.6 Å². The lowest BCUT2D eigenvalue weighted by Crippen LogP contribution is -2.03. The zero-order valence-corrected chi connectivity index (χ0v) is 12.0. The van der Waals surface area contributed by atoms with Crippen molar-refractivity contribution in [1.29, 1.82) is 0 Å². The predicted octanol–water partition coefficient (Wildman–Crippen LogP) is 4.15. The molecule has 0 aliphatic rings. The quantitative estimate of drug-likeness (QED) is 0.623. The number of carbonyl (C=O) groups excluding carboxylic acids is 1. The standard InChI is InChI=1S/C14H8BrClO3/c1-2-7-18-14(17)13-6-5-12(19-13)10-4-3-9(16)8-11(10)15/h1,3-6,8H,7H2. The van der Waals surface area contributed by atoms with Crippen LogP contribution in [-0.4, -0.2) is 12.6 Å². The highest BCUT2D eigenvalue weighted by Gasteiger charge is 2.14. The Bertz CT molecular complexity index is 655. The van der Waals surface area contributed by atoms with Crippen molar-refractivity contribution in [2.24, 2.45) is 0 Å². The molecule has 1 aromatic carbocycles. The molecular formula is C14H8BrClO3. The summed E-state index contributed by atoms with van der Waals surface area (Å²) in [5.41, 5.74) is 0.792. The van der Waals surface area contributed by atoms with E-state index in [4.69, 9.17) is 27.2 Å². The third kappa shape index (κ3) is 3.19. The van der Waals surface area contributed by atoms with E-state index in [1.165, 1.54) is 6.07 Å². The molecule has 0 spiro atoms. The molecule has 96 valence electrons. The molecule has 0 saturated carbocycles. The SMILES string of the molecule is C#CCOC(=O)c1ccc(-c2ccc(Cl)cc2Br)o1. The monoisotopic (exact) mass is 338 g/mol. The van der Waals surface area contributed by atoms with Crippen molar-refractivity contribution in [1.82, 2.24) is 0 Å². The molecule has 19 heavy (non-hydrogen) atoms. The summed E-state index contributed by atoms with van der Waals surface area (Å²) in [6.45, 7) is -0.0838. The summed E-state index contributed by atoms with van der Waals surface area (Å²) in [4.78, 5) is 11.5. The minimum atomic E-state index is -0.589. The van der Waals surface area contributed by atoms with Gasteiger partial charge in [-0.05, 0) is 46.3 Å². The summed E-state index contributed by atoms with van der Waals surface area (Å²) in [5.74, 6) is 2.27. The summed E-state index contributed by atoms with van der Waals surface area (Å²) in [7, 11) is 0. The van der Waals surface area contributed by atoms with Crippen molar-refractivity contribution in [2.45, 2.75) is 0 Å². The van der Waals surface area contributed by atoms with Crippen LogP contribution in [0.4, 0.5) is 0 Å². The Morgan fingerprint density at radius 1 is 1.42 bits per heavy atom. The summed E-state index contributed by atoms with van der Waals surface area (Å²) in [5, 5.41) is 0.607. The number of hydrogen-bond donors (Lipinski definition) is 0. The van der Waals surface area contributed by atoms with Crippen molar-refractivity contribution in [3.63, 3.8) is 0 Å². The second-order valence-electron chi connectivity index (χ2n) is 3.57. The van der Waals surface area contributed by atoms with Crippen LogP contribution in [0.25, 0.3) is 11.3 Å². The van der Waals surface area contributed by atoms with Gasteiger partial charge in [0.15, 0.2) is 6.61 Å². The van der Waals surface area contributed by atoms with Gasteiger partial charge < -0.3 is 9.15 Å². The van der Waals surface area contributed by atoms with E-state index < -0.39 is 5.97 Å². The first kappa shape index (κ1) is 13.7. The van der Waals surface area contributed by atoms with E-state index in [0.29, 0.717) is 10.8 Å². The lowest BCUT2D eigenvalue weighted by molar-refractivity contribution is 0.0521. The largest absolute Gasteiger partial charge is 0.449 e. The van der Waals surface area contributed by atoms with Gasteiger partial charge in [-0.15, -0.1) is 6.42 Å². The van der Waals surface area contributed by atoms with Gasteiger partial charge in [-0.1, -0.05) is 17.5 Å². The molecule has 0 unspecified atom stereocenters. The predicted molar refractivity (Wildman–Crippen MR) is 76.0 cm³/mol. The average molecular weight is 340 g/mol. The van der Waals surface area contributed by atoms with Gasteiger partial charge in [0.2, 0.25) is 5.76 Å². The zero-order chi connectivity index (χ0) is 13.8. The summed E-state index contributed by atoms with van der Waals surface area (Å²) in [6.07, 6.45) is 5.01. The molecule has 3 nitrogen and oxygen atoms in total. The molecule has 0 amide bonds. The molecule has 0 N–H and O–H groups in total. The van der Waals surface area contributed by atoms with Crippen LogP contribution >= 0.6 is 27.5 Å². The van der Waals surface area contributed by atoms with Gasteiger partial charge in [0.1, 0.15) is 5.76 Å². The average Bonchev–Trinajstić information content (AvgIpc) is 2.85. The van der Waals surface area contributed by atoms with E-state index in [9.17, 15) is 4.79 Å². The van der Waals surface area contributed by atoms with Crippen LogP contribution in [0, 0.1) is 12.3 Å². The van der Waals surface area contributed by atoms with E-state index in [-0.39, 0.29) is 12.4 Å². The zero-order valence-electron chi connectivity index (χ0n) is 9.65. The Kier molecular flexibility index (Phi) is 4.31. The maximum absolute atomic E-state index is 11.5. The first-order valence-electron chi connectivity index (χ1n) is 5.27. The Balaban J connectivity index is 2.26. The number of esters is 1. The van der Waals surface area contributed by atoms with Crippen molar-refractivity contribution in [3.05, 3.63) is 45.6 Å². The Morgan fingerprint density at radius 2 is 2.21 bits per heavy atom. The van der Waals surface area contributed by atoms with E-state index >= 15 is 0 Å². The fourth-order valence-electron chi connectivity index (χ4n) is 1.46. The van der Waals surface area contributed by atoms with Gasteiger partial charge in [-0.25, -0.2) is 4.79 Å². The van der Waals surface area contributed by atoms with Gasteiger partial charge >= 0.3 is 5.97 Å². The van der Waals surface area contributed by atoms with Crippen LogP contribution < -0.4 is 0 Å². The minimum absolute atomic E-state index is 0.0838. The number of terminal acetylenes is 1. The Labute approximate surface area is 123 Å². The van der Waals surface area contributed by atoms with Crippen LogP contribution in [0.5, 0.6) is 0 Å². The lowest BCUT2D eigenvalue weighted by atomic mass is 10.2. The smallest absolute Gasteiger partial charge is 0.375 e. The van der Waals surface area contributed by atoms with Crippen molar-refractivity contribution < 1.29 is 13.9 Å². The topological polar surface area (TPSA) is 39.4 Å².